The number of nitrogens with zero attached hydrogens (tertiary/aromatic N) is 5. The minimum Gasteiger partial charge on any atom is -0.342 e. The number of carbonyl (C=O) groups excluding carboxylic acids is 2. The Morgan fingerprint density at radius 1 is 1.18 bits per heavy atom. The number of halogens is 3. The third-order valence-corrected chi connectivity index (χ3v) is 6.42. The van der Waals surface area contributed by atoms with E-state index in [1.54, 1.807) is 24.3 Å². The second kappa shape index (κ2) is 11.6. The summed E-state index contributed by atoms with van der Waals surface area (Å²) in [6, 6.07) is 8.54. The summed E-state index contributed by atoms with van der Waals surface area (Å²) in [4.78, 5) is 33.0. The number of tetrazole rings is 1. The quantitative estimate of drug-likeness (QED) is 0.234. The molecule has 0 saturated carbocycles. The van der Waals surface area contributed by atoms with Crippen molar-refractivity contribution in [2.24, 2.45) is 0 Å². The number of aromatic amines is 1. The molecule has 0 radical (unpaired) electrons. The van der Waals surface area contributed by atoms with Gasteiger partial charge in [-0.3, -0.25) is 9.59 Å². The highest BCUT2D eigenvalue weighted by atomic mass is 35.5. The molecule has 2 aromatic carbocycles. The van der Waals surface area contributed by atoms with Gasteiger partial charge in [0.1, 0.15) is 28.8 Å². The van der Waals surface area contributed by atoms with Crippen LogP contribution in [0.15, 0.2) is 61.0 Å². The van der Waals surface area contributed by atoms with Crippen LogP contribution in [0.4, 0.5) is 10.1 Å². The lowest BCUT2D eigenvalue weighted by Crippen LogP contribution is -2.27. The topological polar surface area (TPSA) is 130 Å². The zero-order chi connectivity index (χ0) is 27.4. The van der Waals surface area contributed by atoms with Crippen LogP contribution < -0.4 is 10.6 Å². The summed E-state index contributed by atoms with van der Waals surface area (Å²) in [7, 11) is 0. The summed E-state index contributed by atoms with van der Waals surface area (Å²) >= 11 is 12.6. The van der Waals surface area contributed by atoms with Crippen LogP contribution in [-0.2, 0) is 9.59 Å². The predicted octanol–water partition coefficient (Wildman–Crippen LogP) is 5.05. The molecule has 0 unspecified atom stereocenters. The maximum atomic E-state index is 14.0. The van der Waals surface area contributed by atoms with Crippen molar-refractivity contribution < 1.29 is 14.0 Å². The van der Waals surface area contributed by atoms with Crippen LogP contribution >= 0.6 is 23.2 Å². The van der Waals surface area contributed by atoms with E-state index < -0.39 is 17.8 Å². The summed E-state index contributed by atoms with van der Waals surface area (Å²) in [5, 5.41) is 17.5. The number of H-pyrrole nitrogens is 1. The standard InChI is InChI=1S/C26H21Cl2FN8O2/c27-16-7-10-21(37-14-30-35-36-37)15(12-16)6-11-23(39)31-19-4-2-1-3-5-22(38)32-20-13-17(29)8-9-18(20)24-25(28)34-26(19)33-24/h1-2,6-14,19H,3-5H2,(H,31,39)(H,32,38)(H,33,34)/b2-1?,11-6+/t19-/m0/s1. The minimum absolute atomic E-state index is 0.188. The number of allylic oxidation sites excluding steroid dienone is 1. The molecule has 1 aliphatic heterocycles. The largest absolute Gasteiger partial charge is 0.342 e. The predicted molar refractivity (Wildman–Crippen MR) is 145 cm³/mol. The average Bonchev–Trinajstić information content (AvgIpc) is 3.57. The van der Waals surface area contributed by atoms with E-state index in [0.29, 0.717) is 46.2 Å². The number of imidazole rings is 1. The van der Waals surface area contributed by atoms with E-state index in [1.165, 1.54) is 35.3 Å². The van der Waals surface area contributed by atoms with E-state index in [1.807, 2.05) is 12.2 Å². The number of benzene rings is 2. The molecule has 10 nitrogen and oxygen atoms in total. The fourth-order valence-corrected chi connectivity index (χ4v) is 4.50. The molecule has 0 spiro atoms. The molecule has 2 amide bonds. The number of nitrogens with one attached hydrogen (secondary N) is 3. The smallest absolute Gasteiger partial charge is 0.244 e. The highest BCUT2D eigenvalue weighted by molar-refractivity contribution is 6.32. The molecular weight excluding hydrogens is 546 g/mol. The van der Waals surface area contributed by atoms with Crippen LogP contribution in [0.3, 0.4) is 0 Å². The second-order valence-electron chi connectivity index (χ2n) is 8.62. The van der Waals surface area contributed by atoms with Gasteiger partial charge in [-0.15, -0.1) is 5.10 Å². The summed E-state index contributed by atoms with van der Waals surface area (Å²) < 4.78 is 15.4. The molecule has 2 aromatic heterocycles. The Kier molecular flexibility index (Phi) is 7.80. The van der Waals surface area contributed by atoms with Crippen LogP contribution in [0.5, 0.6) is 0 Å². The van der Waals surface area contributed by atoms with Crippen molar-refractivity contribution in [2.45, 2.75) is 25.3 Å². The first-order valence-electron chi connectivity index (χ1n) is 11.9. The first-order chi connectivity index (χ1) is 18.9. The zero-order valence-electron chi connectivity index (χ0n) is 20.2. The van der Waals surface area contributed by atoms with Crippen LogP contribution in [0, 0.1) is 5.82 Å². The van der Waals surface area contributed by atoms with Gasteiger partial charge in [-0.2, -0.15) is 4.68 Å². The van der Waals surface area contributed by atoms with Crippen molar-refractivity contribution in [1.82, 2.24) is 35.5 Å². The number of hydrogen-bond acceptors (Lipinski definition) is 6. The second-order valence-corrected chi connectivity index (χ2v) is 9.43. The van der Waals surface area contributed by atoms with Crippen LogP contribution in [0.2, 0.25) is 10.2 Å². The average molecular weight is 567 g/mol. The number of fused-ring (bicyclic) bond motifs is 4. The van der Waals surface area contributed by atoms with E-state index in [0.717, 1.165) is 0 Å². The number of rotatable bonds is 4. The lowest BCUT2D eigenvalue weighted by Gasteiger charge is -2.14. The van der Waals surface area contributed by atoms with Crippen molar-refractivity contribution >= 4 is 46.8 Å². The van der Waals surface area contributed by atoms with Crippen molar-refractivity contribution in [1.29, 1.82) is 0 Å². The normalized spacial score (nSPS) is 15.7. The van der Waals surface area contributed by atoms with E-state index in [2.05, 4.69) is 36.1 Å². The molecule has 5 rings (SSSR count). The van der Waals surface area contributed by atoms with Crippen molar-refractivity contribution in [3.05, 3.63) is 88.3 Å². The number of carbonyl (C=O) groups is 2. The first kappa shape index (κ1) is 26.3. The molecule has 39 heavy (non-hydrogen) atoms. The maximum Gasteiger partial charge on any atom is 0.244 e. The molecule has 2 bridgehead atoms. The fourth-order valence-electron chi connectivity index (χ4n) is 4.08. The van der Waals surface area contributed by atoms with Gasteiger partial charge in [0.2, 0.25) is 11.8 Å². The van der Waals surface area contributed by atoms with Gasteiger partial charge in [0.05, 0.1) is 17.4 Å². The first-order valence-corrected chi connectivity index (χ1v) is 12.6. The molecule has 198 valence electrons. The van der Waals surface area contributed by atoms with E-state index >= 15 is 0 Å². The van der Waals surface area contributed by atoms with Crippen molar-refractivity contribution in [3.63, 3.8) is 0 Å². The van der Waals surface area contributed by atoms with Gasteiger partial charge in [0.15, 0.2) is 0 Å². The molecule has 4 aromatic rings. The van der Waals surface area contributed by atoms with Gasteiger partial charge >= 0.3 is 0 Å². The van der Waals surface area contributed by atoms with Gasteiger partial charge in [0.25, 0.3) is 0 Å². The number of anilines is 1. The highest BCUT2D eigenvalue weighted by Gasteiger charge is 2.22. The summed E-state index contributed by atoms with van der Waals surface area (Å²) in [5.74, 6) is -0.771. The molecule has 13 heteroatoms. The van der Waals surface area contributed by atoms with E-state index in [4.69, 9.17) is 23.2 Å². The molecule has 0 fully saturated rings. The lowest BCUT2D eigenvalue weighted by molar-refractivity contribution is -0.117. The summed E-state index contributed by atoms with van der Waals surface area (Å²) in [6.07, 6.45) is 9.17. The Morgan fingerprint density at radius 2 is 2.05 bits per heavy atom. The highest BCUT2D eigenvalue weighted by Crippen LogP contribution is 2.34. The molecule has 0 aliphatic carbocycles. The fraction of sp³-hybridized carbons (Fsp3) is 0.154. The third-order valence-electron chi connectivity index (χ3n) is 5.91. The van der Waals surface area contributed by atoms with Crippen molar-refractivity contribution in [3.8, 4) is 16.9 Å². The van der Waals surface area contributed by atoms with Gasteiger partial charge in [-0.05, 0) is 65.7 Å². The monoisotopic (exact) mass is 566 g/mol. The SMILES string of the molecule is O=C(/C=C/c1cc(Cl)ccc1-n1cnnn1)N[C@H]1CC=CCCC(=O)Nc2cc(F)ccc2-c2nc1[nH]c2Cl. The van der Waals surface area contributed by atoms with Gasteiger partial charge in [-0.1, -0.05) is 35.4 Å². The number of amides is 2. The van der Waals surface area contributed by atoms with Crippen molar-refractivity contribution in [2.75, 3.05) is 5.32 Å². The van der Waals surface area contributed by atoms with Crippen LogP contribution in [0.25, 0.3) is 23.0 Å². The van der Waals surface area contributed by atoms with E-state index in [-0.39, 0.29) is 23.2 Å². The molecule has 1 atom stereocenters. The van der Waals surface area contributed by atoms with E-state index in [9.17, 15) is 14.0 Å². The Hall–Kier alpha value is -4.35. The number of hydrogen-bond donors (Lipinski definition) is 3. The summed E-state index contributed by atoms with van der Waals surface area (Å²) in [5.41, 5.74) is 2.30. The molecule has 1 aliphatic rings. The third kappa shape index (κ3) is 6.21. The Morgan fingerprint density at radius 3 is 2.87 bits per heavy atom. The molecule has 3 N–H and O–H groups in total. The Labute approximate surface area is 231 Å². The van der Waals surface area contributed by atoms with Gasteiger partial charge in [0, 0.05) is 28.6 Å². The van der Waals surface area contributed by atoms with Gasteiger partial charge in [-0.25, -0.2) is 9.37 Å². The minimum atomic E-state index is -0.573. The Bertz CT molecular complexity index is 1580. The molecule has 0 saturated heterocycles. The van der Waals surface area contributed by atoms with Crippen LogP contribution in [0.1, 0.15) is 36.7 Å². The molecular formula is C26H21Cl2FN8O2. The zero-order valence-corrected chi connectivity index (χ0v) is 21.7. The Balaban J connectivity index is 1.44. The summed E-state index contributed by atoms with van der Waals surface area (Å²) in [6.45, 7) is 0. The van der Waals surface area contributed by atoms with Crippen LogP contribution in [-0.4, -0.2) is 42.0 Å². The van der Waals surface area contributed by atoms with Gasteiger partial charge < -0.3 is 15.6 Å². The number of aromatic nitrogens is 6. The maximum absolute atomic E-state index is 14.0. The lowest BCUT2D eigenvalue weighted by atomic mass is 10.1. The molecule has 3 heterocycles.